The van der Waals surface area contributed by atoms with E-state index in [1.54, 1.807) is 12.1 Å². The highest BCUT2D eigenvalue weighted by molar-refractivity contribution is 5.37. The van der Waals surface area contributed by atoms with Gasteiger partial charge in [-0.1, -0.05) is 0 Å². The summed E-state index contributed by atoms with van der Waals surface area (Å²) in [6.07, 6.45) is 5.84. The molecule has 5 heteroatoms. The van der Waals surface area contributed by atoms with Crippen LogP contribution in [0.4, 0.5) is 4.39 Å². The predicted molar refractivity (Wildman–Crippen MR) is 87.9 cm³/mol. The predicted octanol–water partition coefficient (Wildman–Crippen LogP) is 3.78. The van der Waals surface area contributed by atoms with Gasteiger partial charge in [0.25, 0.3) is 0 Å². The van der Waals surface area contributed by atoms with Crippen LogP contribution in [0.25, 0.3) is 0 Å². The van der Waals surface area contributed by atoms with E-state index in [1.165, 1.54) is 6.07 Å². The molecule has 0 spiro atoms. The molecule has 1 unspecified atom stereocenters. The smallest absolute Gasteiger partial charge is 0.124 e. The van der Waals surface area contributed by atoms with Crippen molar-refractivity contribution in [1.82, 2.24) is 15.1 Å². The molecule has 1 aromatic heterocycles. The van der Waals surface area contributed by atoms with E-state index < -0.39 is 0 Å². The molecule has 1 aromatic carbocycles. The molecule has 2 aromatic rings. The van der Waals surface area contributed by atoms with Crippen LogP contribution in [0.3, 0.4) is 0 Å². The van der Waals surface area contributed by atoms with E-state index in [2.05, 4.69) is 37.4 Å². The van der Waals surface area contributed by atoms with E-state index in [1.807, 2.05) is 10.9 Å². The number of hydrogen-bond donors (Lipinski definition) is 1. The van der Waals surface area contributed by atoms with Crippen LogP contribution in [0.5, 0.6) is 5.75 Å². The molecule has 1 aliphatic heterocycles. The van der Waals surface area contributed by atoms with Crippen LogP contribution in [0.1, 0.15) is 50.8 Å². The largest absolute Gasteiger partial charge is 0.493 e. The van der Waals surface area contributed by atoms with Crippen molar-refractivity contribution < 1.29 is 9.13 Å². The van der Waals surface area contributed by atoms with Gasteiger partial charge < -0.3 is 10.1 Å². The molecule has 124 valence electrons. The van der Waals surface area contributed by atoms with Gasteiger partial charge in [-0.3, -0.25) is 4.68 Å². The van der Waals surface area contributed by atoms with Crippen LogP contribution in [0, 0.1) is 5.82 Å². The summed E-state index contributed by atoms with van der Waals surface area (Å²) in [6, 6.07) is 4.86. The average molecular weight is 317 g/mol. The van der Waals surface area contributed by atoms with E-state index in [0.717, 1.165) is 29.7 Å². The Bertz CT molecular complexity index is 675. The van der Waals surface area contributed by atoms with Crippen LogP contribution in [0.2, 0.25) is 0 Å². The van der Waals surface area contributed by atoms with E-state index in [9.17, 15) is 4.39 Å². The molecule has 0 amide bonds. The zero-order chi connectivity index (χ0) is 16.4. The van der Waals surface area contributed by atoms with Gasteiger partial charge in [-0.15, -0.1) is 0 Å². The SMILES string of the molecule is CC(C)(C)n1cc(CNC2CCCOc3ccc(F)cc32)cn1. The Hall–Kier alpha value is -1.88. The molecule has 23 heavy (non-hydrogen) atoms. The molecule has 2 heterocycles. The maximum atomic E-state index is 13.6. The molecule has 4 nitrogen and oxygen atoms in total. The van der Waals surface area contributed by atoms with Crippen LogP contribution in [-0.4, -0.2) is 16.4 Å². The Labute approximate surface area is 136 Å². The van der Waals surface area contributed by atoms with Crippen molar-refractivity contribution in [3.05, 3.63) is 47.5 Å². The molecule has 0 saturated heterocycles. The number of halogens is 1. The Morgan fingerprint density at radius 2 is 2.22 bits per heavy atom. The number of fused-ring (bicyclic) bond motifs is 1. The van der Waals surface area contributed by atoms with E-state index in [0.29, 0.717) is 13.2 Å². The van der Waals surface area contributed by atoms with Gasteiger partial charge in [-0.2, -0.15) is 5.10 Å². The summed E-state index contributed by atoms with van der Waals surface area (Å²) in [6.45, 7) is 7.76. The van der Waals surface area contributed by atoms with E-state index in [-0.39, 0.29) is 17.4 Å². The number of rotatable bonds is 3. The Morgan fingerprint density at radius 3 is 2.96 bits per heavy atom. The minimum Gasteiger partial charge on any atom is -0.493 e. The summed E-state index contributed by atoms with van der Waals surface area (Å²) in [7, 11) is 0. The number of nitrogens with zero attached hydrogens (tertiary/aromatic N) is 2. The lowest BCUT2D eigenvalue weighted by molar-refractivity contribution is 0.315. The fourth-order valence-electron chi connectivity index (χ4n) is 2.82. The van der Waals surface area contributed by atoms with Crippen LogP contribution >= 0.6 is 0 Å². The molecule has 1 atom stereocenters. The fraction of sp³-hybridized carbons (Fsp3) is 0.500. The van der Waals surface area contributed by atoms with Crippen LogP contribution in [0.15, 0.2) is 30.6 Å². The molecule has 0 fully saturated rings. The number of aromatic nitrogens is 2. The van der Waals surface area contributed by atoms with E-state index >= 15 is 0 Å². The standard InChI is InChI=1S/C18H24FN3O/c1-18(2,3)22-12-13(11-21-22)10-20-16-5-4-8-23-17-7-6-14(19)9-15(16)17/h6-7,9,11-12,16,20H,4-5,8,10H2,1-3H3. The van der Waals surface area contributed by atoms with Gasteiger partial charge in [0.15, 0.2) is 0 Å². The topological polar surface area (TPSA) is 39.1 Å². The van der Waals surface area contributed by atoms with Gasteiger partial charge in [0, 0.05) is 29.9 Å². The summed E-state index contributed by atoms with van der Waals surface area (Å²) in [5, 5.41) is 7.95. The average Bonchev–Trinajstić information content (AvgIpc) is 2.88. The number of nitrogens with one attached hydrogen (secondary N) is 1. The number of benzene rings is 1. The maximum absolute atomic E-state index is 13.6. The summed E-state index contributed by atoms with van der Waals surface area (Å²) in [5.74, 6) is 0.563. The second kappa shape index (κ2) is 6.32. The second-order valence-electron chi connectivity index (χ2n) is 7.07. The van der Waals surface area contributed by atoms with Crippen molar-refractivity contribution in [2.75, 3.05) is 6.61 Å². The minimum absolute atomic E-state index is 0.0237. The fourth-order valence-corrected chi connectivity index (χ4v) is 2.82. The van der Waals surface area contributed by atoms with Crippen molar-refractivity contribution >= 4 is 0 Å². The molecular weight excluding hydrogens is 293 g/mol. The first-order valence-electron chi connectivity index (χ1n) is 8.13. The van der Waals surface area contributed by atoms with Gasteiger partial charge in [-0.05, 0) is 51.8 Å². The molecule has 1 aliphatic rings. The summed E-state index contributed by atoms with van der Waals surface area (Å²) in [4.78, 5) is 0. The maximum Gasteiger partial charge on any atom is 0.124 e. The summed E-state index contributed by atoms with van der Waals surface area (Å²) < 4.78 is 21.3. The second-order valence-corrected chi connectivity index (χ2v) is 7.07. The van der Waals surface area contributed by atoms with Crippen molar-refractivity contribution in [3.8, 4) is 5.75 Å². The van der Waals surface area contributed by atoms with Gasteiger partial charge in [0.2, 0.25) is 0 Å². The van der Waals surface area contributed by atoms with Gasteiger partial charge in [-0.25, -0.2) is 4.39 Å². The quantitative estimate of drug-likeness (QED) is 0.936. The Kier molecular flexibility index (Phi) is 4.39. The zero-order valence-corrected chi connectivity index (χ0v) is 14.0. The van der Waals surface area contributed by atoms with Crippen molar-refractivity contribution in [3.63, 3.8) is 0 Å². The third-order valence-electron chi connectivity index (χ3n) is 4.12. The number of hydrogen-bond acceptors (Lipinski definition) is 3. The summed E-state index contributed by atoms with van der Waals surface area (Å²) >= 11 is 0. The van der Waals surface area contributed by atoms with Crippen molar-refractivity contribution in [2.45, 2.75) is 51.7 Å². The first kappa shape index (κ1) is 16.0. The van der Waals surface area contributed by atoms with Crippen LogP contribution < -0.4 is 10.1 Å². The summed E-state index contributed by atoms with van der Waals surface area (Å²) in [5.41, 5.74) is 2.01. The lowest BCUT2D eigenvalue weighted by Crippen LogP contribution is -2.22. The molecule has 0 radical (unpaired) electrons. The Morgan fingerprint density at radius 1 is 1.39 bits per heavy atom. The highest BCUT2D eigenvalue weighted by atomic mass is 19.1. The normalized spacial score (nSPS) is 18.2. The van der Waals surface area contributed by atoms with E-state index in [4.69, 9.17) is 4.74 Å². The molecule has 0 bridgehead atoms. The van der Waals surface area contributed by atoms with Crippen molar-refractivity contribution in [2.24, 2.45) is 0 Å². The highest BCUT2D eigenvalue weighted by Gasteiger charge is 2.20. The number of ether oxygens (including phenoxy) is 1. The first-order chi connectivity index (χ1) is 10.9. The Balaban J connectivity index is 1.73. The molecule has 3 rings (SSSR count). The van der Waals surface area contributed by atoms with Gasteiger partial charge in [0.05, 0.1) is 18.3 Å². The minimum atomic E-state index is -0.221. The first-order valence-corrected chi connectivity index (χ1v) is 8.13. The van der Waals surface area contributed by atoms with Gasteiger partial charge >= 0.3 is 0 Å². The third-order valence-corrected chi connectivity index (χ3v) is 4.12. The third kappa shape index (κ3) is 3.72. The lowest BCUT2D eigenvalue weighted by atomic mass is 10.0. The molecular formula is C18H24FN3O. The lowest BCUT2D eigenvalue weighted by Gasteiger charge is -2.19. The van der Waals surface area contributed by atoms with Crippen LogP contribution in [-0.2, 0) is 12.1 Å². The monoisotopic (exact) mass is 317 g/mol. The molecule has 0 saturated carbocycles. The van der Waals surface area contributed by atoms with Gasteiger partial charge in [0.1, 0.15) is 11.6 Å². The molecule has 0 aliphatic carbocycles. The van der Waals surface area contributed by atoms with Crippen molar-refractivity contribution in [1.29, 1.82) is 0 Å². The highest BCUT2D eigenvalue weighted by Crippen LogP contribution is 2.32. The molecule has 1 N–H and O–H groups in total. The zero-order valence-electron chi connectivity index (χ0n) is 14.0.